The minimum absolute atomic E-state index is 0.109. The second kappa shape index (κ2) is 16.6. The van der Waals surface area contributed by atoms with Crippen LogP contribution in [0.5, 0.6) is 0 Å². The summed E-state index contributed by atoms with van der Waals surface area (Å²) in [6, 6.07) is 56.7. The lowest BCUT2D eigenvalue weighted by atomic mass is 9.99. The molecule has 0 amide bonds. The maximum atomic E-state index is 11.0. The van der Waals surface area contributed by atoms with Gasteiger partial charge in [0, 0.05) is 37.9 Å². The highest BCUT2D eigenvalue weighted by molar-refractivity contribution is 7.79. The van der Waals surface area contributed by atoms with Gasteiger partial charge in [-0.25, -0.2) is 0 Å². The normalized spacial score (nSPS) is 10.7. The third kappa shape index (κ3) is 8.56. The number of nitro benzene ring substituents is 1. The van der Waals surface area contributed by atoms with Crippen molar-refractivity contribution >= 4 is 74.5 Å². The van der Waals surface area contributed by atoms with Crippen LogP contribution in [0.3, 0.4) is 0 Å². The minimum Gasteiger partial charge on any atom is -0.354 e. The van der Waals surface area contributed by atoms with Crippen LogP contribution in [0.25, 0.3) is 32.9 Å². The minimum atomic E-state index is -0.446. The second-order valence-corrected chi connectivity index (χ2v) is 15.0. The predicted octanol–water partition coefficient (Wildman–Crippen LogP) is 12.0. The van der Waals surface area contributed by atoms with Crippen LogP contribution in [-0.4, -0.2) is 9.91 Å². The summed E-state index contributed by atoms with van der Waals surface area (Å²) in [7, 11) is -0.446. The lowest BCUT2D eigenvalue weighted by molar-refractivity contribution is -0.384. The van der Waals surface area contributed by atoms with Gasteiger partial charge in [0.15, 0.2) is 0 Å². The fraction of sp³-hybridized carbons (Fsp3) is 0.0455. The number of para-hydroxylation sites is 2. The molecule has 1 N–H and O–H groups in total. The average Bonchev–Trinajstić information content (AvgIpc) is 3.52. The van der Waals surface area contributed by atoms with E-state index in [2.05, 4.69) is 121 Å². The molecule has 0 spiro atoms. The van der Waals surface area contributed by atoms with Gasteiger partial charge in [-0.05, 0) is 90.8 Å². The zero-order chi connectivity index (χ0) is 35.7. The van der Waals surface area contributed by atoms with Gasteiger partial charge in [-0.15, -0.1) is 0 Å². The molecule has 0 aliphatic heterocycles. The molecule has 0 saturated carbocycles. The smallest absolute Gasteiger partial charge is 0.277 e. The third-order valence-corrected chi connectivity index (χ3v) is 11.3. The largest absolute Gasteiger partial charge is 0.354 e. The van der Waals surface area contributed by atoms with E-state index in [4.69, 9.17) is 23.2 Å². The summed E-state index contributed by atoms with van der Waals surface area (Å²) in [5.41, 5.74) is 5.98. The highest BCUT2D eigenvalue weighted by atomic mass is 35.5. The SMILES string of the molecule is Cc1cc(Cl)cc2[nH]c3ccccc3c12.Cc1cc(Cl)ccc1-c1ccccc1[N+](=O)[O-].c1ccc(P(c2ccccc2)c2ccccc2)cc1. The molecule has 4 nitrogen and oxygen atoms in total. The fourth-order valence-corrected chi connectivity index (χ4v) is 8.93. The Bertz CT molecular complexity index is 2300. The topological polar surface area (TPSA) is 58.9 Å². The van der Waals surface area contributed by atoms with Crippen LogP contribution in [0.15, 0.2) is 170 Å². The number of hydrogen-bond donors (Lipinski definition) is 1. The Hall–Kier alpha value is -5.25. The number of H-pyrrole nitrogens is 1. The monoisotopic (exact) mass is 724 g/mol. The standard InChI is InChI=1S/C18H15P.C13H10ClNO2.C13H10ClN/c1-4-10-16(11-5-1)19(17-12-6-2-7-13-17)18-14-8-3-9-15-18;1-9-8-10(14)6-7-11(9)12-4-2-3-5-13(12)15(16)17;1-8-6-9(14)7-12-13(8)10-4-2-3-5-11(10)15-12/h1-15H;2-8H,1H3;2-7,15H,1H3. The van der Waals surface area contributed by atoms with Crippen molar-refractivity contribution in [3.63, 3.8) is 0 Å². The summed E-state index contributed by atoms with van der Waals surface area (Å²) in [6.07, 6.45) is 0. The Morgan fingerprint density at radius 2 is 1.04 bits per heavy atom. The van der Waals surface area contributed by atoms with Gasteiger partial charge in [0.1, 0.15) is 0 Å². The number of aromatic nitrogens is 1. The van der Waals surface area contributed by atoms with E-state index in [1.54, 1.807) is 36.4 Å². The number of rotatable bonds is 5. The van der Waals surface area contributed by atoms with Crippen LogP contribution in [0.2, 0.25) is 10.0 Å². The molecule has 1 aromatic heterocycles. The summed E-state index contributed by atoms with van der Waals surface area (Å²) in [5.74, 6) is 0. The molecule has 0 fully saturated rings. The molecule has 0 saturated heterocycles. The molecule has 8 rings (SSSR count). The van der Waals surface area contributed by atoms with Crippen molar-refractivity contribution in [3.05, 3.63) is 201 Å². The van der Waals surface area contributed by atoms with E-state index in [1.807, 2.05) is 25.1 Å². The van der Waals surface area contributed by atoms with Crippen molar-refractivity contribution in [2.24, 2.45) is 0 Å². The van der Waals surface area contributed by atoms with Crippen molar-refractivity contribution in [2.45, 2.75) is 13.8 Å². The van der Waals surface area contributed by atoms with Gasteiger partial charge >= 0.3 is 0 Å². The van der Waals surface area contributed by atoms with Gasteiger partial charge in [-0.3, -0.25) is 10.1 Å². The zero-order valence-electron chi connectivity index (χ0n) is 28.1. The number of aromatic amines is 1. The predicted molar refractivity (Wildman–Crippen MR) is 219 cm³/mol. The van der Waals surface area contributed by atoms with Gasteiger partial charge in [-0.1, -0.05) is 151 Å². The van der Waals surface area contributed by atoms with Crippen molar-refractivity contribution in [2.75, 3.05) is 0 Å². The molecular formula is C44H35Cl2N2O2P. The summed E-state index contributed by atoms with van der Waals surface area (Å²) >= 11 is 11.9. The zero-order valence-corrected chi connectivity index (χ0v) is 30.5. The fourth-order valence-electron chi connectivity index (χ4n) is 6.12. The maximum Gasteiger partial charge on any atom is 0.277 e. The van der Waals surface area contributed by atoms with E-state index >= 15 is 0 Å². The van der Waals surface area contributed by atoms with Crippen LogP contribution in [0, 0.1) is 24.0 Å². The lowest BCUT2D eigenvalue weighted by Gasteiger charge is -2.18. The molecule has 7 heteroatoms. The van der Waals surface area contributed by atoms with Gasteiger partial charge < -0.3 is 4.98 Å². The first kappa shape index (κ1) is 35.6. The molecule has 0 radical (unpaired) electrons. The van der Waals surface area contributed by atoms with Gasteiger partial charge in [0.2, 0.25) is 0 Å². The van der Waals surface area contributed by atoms with E-state index < -0.39 is 7.92 Å². The Morgan fingerprint density at radius 3 is 1.61 bits per heavy atom. The highest BCUT2D eigenvalue weighted by Gasteiger charge is 2.16. The Morgan fingerprint density at radius 1 is 0.529 bits per heavy atom. The first-order valence-corrected chi connectivity index (χ1v) is 18.5. The molecule has 7 aromatic carbocycles. The number of hydrogen-bond acceptors (Lipinski definition) is 2. The molecule has 0 aliphatic rings. The Kier molecular flexibility index (Phi) is 11.6. The van der Waals surface area contributed by atoms with Crippen molar-refractivity contribution in [1.29, 1.82) is 0 Å². The third-order valence-electron chi connectivity index (χ3n) is 8.39. The average molecular weight is 726 g/mol. The van der Waals surface area contributed by atoms with Crippen LogP contribution in [0.4, 0.5) is 5.69 Å². The first-order chi connectivity index (χ1) is 24.8. The van der Waals surface area contributed by atoms with Crippen LogP contribution < -0.4 is 15.9 Å². The van der Waals surface area contributed by atoms with E-state index in [-0.39, 0.29) is 10.6 Å². The molecule has 252 valence electrons. The van der Waals surface area contributed by atoms with Crippen molar-refractivity contribution in [1.82, 2.24) is 4.98 Å². The van der Waals surface area contributed by atoms with Gasteiger partial charge in [-0.2, -0.15) is 0 Å². The quantitative estimate of drug-likeness (QED) is 0.109. The molecular weight excluding hydrogens is 690 g/mol. The van der Waals surface area contributed by atoms with E-state index in [0.717, 1.165) is 27.2 Å². The number of nitrogens with one attached hydrogen (secondary N) is 1. The van der Waals surface area contributed by atoms with E-state index in [1.165, 1.54) is 38.3 Å². The van der Waals surface area contributed by atoms with Gasteiger partial charge in [0.05, 0.1) is 10.5 Å². The summed E-state index contributed by atoms with van der Waals surface area (Å²) in [6.45, 7) is 3.98. The summed E-state index contributed by atoms with van der Waals surface area (Å²) in [4.78, 5) is 14.0. The Balaban J connectivity index is 0.000000133. The number of halogens is 2. The number of benzene rings is 7. The number of nitrogens with zero attached hydrogens (tertiary/aromatic N) is 1. The van der Waals surface area contributed by atoms with E-state index in [0.29, 0.717) is 10.6 Å². The van der Waals surface area contributed by atoms with Crippen LogP contribution >= 0.6 is 31.1 Å². The number of aryl methyl sites for hydroxylation is 2. The Labute approximate surface area is 309 Å². The summed E-state index contributed by atoms with van der Waals surface area (Å²) in [5, 5.41) is 19.1. The summed E-state index contributed by atoms with van der Waals surface area (Å²) < 4.78 is 0. The molecule has 8 aromatic rings. The van der Waals surface area contributed by atoms with Gasteiger partial charge in [0.25, 0.3) is 5.69 Å². The van der Waals surface area contributed by atoms with Crippen molar-refractivity contribution in [3.8, 4) is 11.1 Å². The molecule has 1 heterocycles. The van der Waals surface area contributed by atoms with Crippen LogP contribution in [0.1, 0.15) is 11.1 Å². The highest BCUT2D eigenvalue weighted by Crippen LogP contribution is 2.34. The molecule has 51 heavy (non-hydrogen) atoms. The maximum absolute atomic E-state index is 11.0. The first-order valence-electron chi connectivity index (χ1n) is 16.4. The molecule has 0 bridgehead atoms. The lowest BCUT2D eigenvalue weighted by Crippen LogP contribution is -2.20. The molecule has 0 aliphatic carbocycles. The van der Waals surface area contributed by atoms with E-state index in [9.17, 15) is 10.1 Å². The number of fused-ring (bicyclic) bond motifs is 3. The van der Waals surface area contributed by atoms with Crippen molar-refractivity contribution < 1.29 is 4.92 Å². The second-order valence-electron chi connectivity index (χ2n) is 11.9. The molecule has 0 unspecified atom stereocenters. The molecule has 0 atom stereocenters. The van der Waals surface area contributed by atoms with Crippen LogP contribution in [-0.2, 0) is 0 Å². The number of nitro groups is 1.